The minimum absolute atomic E-state index is 0.319. The molecule has 0 spiro atoms. The second-order valence-corrected chi connectivity index (χ2v) is 8.64. The van der Waals surface area contributed by atoms with Crippen LogP contribution in [-0.2, 0) is 29.5 Å². The molecule has 4 aromatic carbocycles. The summed E-state index contributed by atoms with van der Waals surface area (Å²) < 4.78 is 7.72. The van der Waals surface area contributed by atoms with Gasteiger partial charge in [-0.15, -0.1) is 0 Å². The second-order valence-electron chi connectivity index (χ2n) is 7.09. The molecule has 0 saturated carbocycles. The van der Waals surface area contributed by atoms with Gasteiger partial charge in [-0.3, -0.25) is 0 Å². The van der Waals surface area contributed by atoms with Gasteiger partial charge in [0.05, 0.1) is 0 Å². The molecule has 0 aromatic heterocycles. The minimum atomic E-state index is -0.725. The summed E-state index contributed by atoms with van der Waals surface area (Å²) in [6, 6.07) is 32.4. The summed E-state index contributed by atoms with van der Waals surface area (Å²) in [6.45, 7) is 0.681. The molecule has 0 amide bonds. The van der Waals surface area contributed by atoms with Crippen LogP contribution in [0.3, 0.4) is 0 Å². The Kier molecular flexibility index (Phi) is 4.97. The average molecular weight is 396 g/mol. The maximum atomic E-state index is 6.30. The first kappa shape index (κ1) is 17.6. The van der Waals surface area contributed by atoms with E-state index in [-0.39, 0.29) is 0 Å². The standard InChI is InChI=1S/C19H13.C7H7O.Ti/c1-2-7-16-13-17(10-9-14(16)5-1)19-12-11-15-6-3-4-8-18(15)19;8-6-7-4-2-1-3-5-7;/h1-12,19H;1-5H,6H2;/q;-1;+1. The molecule has 0 aliphatic heterocycles. The van der Waals surface area contributed by atoms with Crippen molar-refractivity contribution in [3.63, 3.8) is 0 Å². The van der Waals surface area contributed by atoms with Crippen LogP contribution in [0.15, 0.2) is 97.1 Å². The van der Waals surface area contributed by atoms with Crippen molar-refractivity contribution in [3.05, 3.63) is 119 Å². The molecule has 1 unspecified atom stereocenters. The molecule has 0 heterocycles. The van der Waals surface area contributed by atoms with E-state index in [0.29, 0.717) is 12.5 Å². The topological polar surface area (TPSA) is 9.23 Å². The summed E-state index contributed by atoms with van der Waals surface area (Å²) in [6.07, 6.45) is 4.59. The number of hydrogen-bond donors (Lipinski definition) is 0. The van der Waals surface area contributed by atoms with Crippen LogP contribution in [0.1, 0.15) is 28.2 Å². The van der Waals surface area contributed by atoms with Crippen LogP contribution in [-0.4, -0.2) is 0 Å². The summed E-state index contributed by atoms with van der Waals surface area (Å²) in [5, 5.41) is 2.63. The summed E-state index contributed by atoms with van der Waals surface area (Å²) >= 11 is -0.725. The Morgan fingerprint density at radius 1 is 0.714 bits per heavy atom. The third-order valence-corrected chi connectivity index (χ3v) is 6.99. The van der Waals surface area contributed by atoms with E-state index in [2.05, 4.69) is 97.1 Å². The van der Waals surface area contributed by atoms with E-state index in [1.165, 1.54) is 36.9 Å². The van der Waals surface area contributed by atoms with Crippen molar-refractivity contribution in [3.8, 4) is 0 Å². The predicted molar refractivity (Wildman–Crippen MR) is 112 cm³/mol. The van der Waals surface area contributed by atoms with E-state index in [9.17, 15) is 0 Å². The molecular formula is C26H20OTi. The van der Waals surface area contributed by atoms with E-state index in [1.807, 2.05) is 6.07 Å². The van der Waals surface area contributed by atoms with E-state index in [0.717, 1.165) is 0 Å². The number of allylic oxidation sites excluding steroid dienone is 1. The Morgan fingerprint density at radius 2 is 1.50 bits per heavy atom. The van der Waals surface area contributed by atoms with E-state index in [1.54, 1.807) is 0 Å². The number of fused-ring (bicyclic) bond motifs is 2. The average Bonchev–Trinajstić information content (AvgIpc) is 3.18. The quantitative estimate of drug-likeness (QED) is 0.385. The van der Waals surface area contributed by atoms with Crippen molar-refractivity contribution in [2.75, 3.05) is 0 Å². The molecule has 0 radical (unpaired) electrons. The predicted octanol–water partition coefficient (Wildman–Crippen LogP) is 5.84. The van der Waals surface area contributed by atoms with Gasteiger partial charge in [0.15, 0.2) is 0 Å². The van der Waals surface area contributed by atoms with Crippen molar-refractivity contribution >= 4 is 20.7 Å². The number of hydrogen-bond acceptors (Lipinski definition) is 1. The summed E-state index contributed by atoms with van der Waals surface area (Å²) in [5.41, 5.74) is 5.36. The fourth-order valence-corrected chi connectivity index (χ4v) is 5.63. The van der Waals surface area contributed by atoms with Gasteiger partial charge in [0, 0.05) is 0 Å². The number of rotatable bonds is 5. The SMILES string of the molecule is C1=CC(c2ccc3ccccc3[c]2[Ti][O]Cc2ccccc2)c2ccccc21. The van der Waals surface area contributed by atoms with E-state index >= 15 is 0 Å². The normalized spacial score (nSPS) is 14.9. The Morgan fingerprint density at radius 3 is 2.43 bits per heavy atom. The summed E-state index contributed by atoms with van der Waals surface area (Å²) in [7, 11) is 0. The molecular weight excluding hydrogens is 376 g/mol. The number of benzene rings is 4. The Balaban J connectivity index is 1.52. The van der Waals surface area contributed by atoms with Gasteiger partial charge in [0.25, 0.3) is 0 Å². The second kappa shape index (κ2) is 7.89. The first-order valence-electron chi connectivity index (χ1n) is 9.61. The van der Waals surface area contributed by atoms with Crippen molar-refractivity contribution in [2.24, 2.45) is 0 Å². The molecule has 0 bridgehead atoms. The Labute approximate surface area is 175 Å². The van der Waals surface area contributed by atoms with Gasteiger partial charge in [0.2, 0.25) is 0 Å². The molecule has 28 heavy (non-hydrogen) atoms. The van der Waals surface area contributed by atoms with Crippen LogP contribution in [0.25, 0.3) is 16.8 Å². The fourth-order valence-electron chi connectivity index (χ4n) is 3.95. The van der Waals surface area contributed by atoms with Gasteiger partial charge < -0.3 is 0 Å². The molecule has 1 atom stereocenters. The molecule has 134 valence electrons. The van der Waals surface area contributed by atoms with Gasteiger partial charge in [0.1, 0.15) is 0 Å². The van der Waals surface area contributed by atoms with Crippen LogP contribution in [0, 0.1) is 0 Å². The molecule has 2 heteroatoms. The van der Waals surface area contributed by atoms with Crippen LogP contribution in [0.5, 0.6) is 0 Å². The Hall–Kier alpha value is -2.45. The maximum absolute atomic E-state index is 6.30. The van der Waals surface area contributed by atoms with Gasteiger partial charge in [-0.05, 0) is 0 Å². The van der Waals surface area contributed by atoms with Gasteiger partial charge in [-0.1, -0.05) is 0 Å². The molecule has 1 aliphatic carbocycles. The van der Waals surface area contributed by atoms with Crippen molar-refractivity contribution in [1.82, 2.24) is 0 Å². The third kappa shape index (κ3) is 3.38. The molecule has 4 aromatic rings. The van der Waals surface area contributed by atoms with Gasteiger partial charge >= 0.3 is 175 Å². The van der Waals surface area contributed by atoms with Crippen LogP contribution >= 0.6 is 0 Å². The molecule has 1 aliphatic rings. The Bertz CT molecular complexity index is 1150. The molecule has 1 nitrogen and oxygen atoms in total. The molecule has 0 fully saturated rings. The molecule has 0 saturated heterocycles. The first-order chi connectivity index (χ1) is 13.9. The molecule has 5 rings (SSSR count). The van der Waals surface area contributed by atoms with Gasteiger partial charge in [-0.25, -0.2) is 0 Å². The molecule has 0 N–H and O–H groups in total. The van der Waals surface area contributed by atoms with Crippen molar-refractivity contribution < 1.29 is 22.9 Å². The zero-order valence-corrected chi connectivity index (χ0v) is 17.1. The first-order valence-corrected chi connectivity index (χ1v) is 11.0. The monoisotopic (exact) mass is 396 g/mol. The van der Waals surface area contributed by atoms with Crippen LogP contribution in [0.2, 0.25) is 0 Å². The van der Waals surface area contributed by atoms with Crippen LogP contribution < -0.4 is 3.87 Å². The van der Waals surface area contributed by atoms with Crippen molar-refractivity contribution in [1.29, 1.82) is 0 Å². The zero-order valence-electron chi connectivity index (χ0n) is 15.5. The summed E-state index contributed by atoms with van der Waals surface area (Å²) in [4.78, 5) is 0. The zero-order chi connectivity index (χ0) is 18.8. The van der Waals surface area contributed by atoms with E-state index < -0.39 is 19.5 Å². The third-order valence-electron chi connectivity index (χ3n) is 5.35. The van der Waals surface area contributed by atoms with Crippen molar-refractivity contribution in [2.45, 2.75) is 12.5 Å². The summed E-state index contributed by atoms with van der Waals surface area (Å²) in [5.74, 6) is 0.319. The fraction of sp³-hybridized carbons (Fsp3) is 0.0769. The van der Waals surface area contributed by atoms with Crippen LogP contribution in [0.4, 0.5) is 0 Å². The van der Waals surface area contributed by atoms with Gasteiger partial charge in [-0.2, -0.15) is 0 Å². The van der Waals surface area contributed by atoms with E-state index in [4.69, 9.17) is 3.32 Å².